The van der Waals surface area contributed by atoms with E-state index in [0.717, 1.165) is 10.5 Å². The molecule has 0 spiro atoms. The third-order valence-corrected chi connectivity index (χ3v) is 2.39. The Balaban J connectivity index is 1.80. The van der Waals surface area contributed by atoms with Crippen LogP contribution >= 0.6 is 0 Å². The maximum atomic E-state index is 10.5. The molecule has 100 valence electrons. The van der Waals surface area contributed by atoms with Crippen LogP contribution in [0, 0.1) is 6.92 Å². The van der Waals surface area contributed by atoms with Crippen LogP contribution in [0.2, 0.25) is 0 Å². The molecular weight excluding hydrogens is 248 g/mol. The molecule has 0 saturated carbocycles. The predicted molar refractivity (Wildman–Crippen MR) is 65.8 cm³/mol. The first-order valence-corrected chi connectivity index (χ1v) is 5.81. The Morgan fingerprint density at radius 1 is 1.37 bits per heavy atom. The molecule has 0 aliphatic carbocycles. The van der Waals surface area contributed by atoms with E-state index >= 15 is 0 Å². The predicted octanol–water partition coefficient (Wildman–Crippen LogP) is 0.688. The molecule has 19 heavy (non-hydrogen) atoms. The summed E-state index contributed by atoms with van der Waals surface area (Å²) in [7, 11) is 0. The summed E-state index contributed by atoms with van der Waals surface area (Å²) in [5.41, 5.74) is 1.17. The average Bonchev–Trinajstić information content (AvgIpc) is 2.78. The molecule has 0 saturated heterocycles. The summed E-state index contributed by atoms with van der Waals surface area (Å²) < 4.78 is 5.52. The molecule has 2 aromatic rings. The van der Waals surface area contributed by atoms with Gasteiger partial charge in [0.25, 0.3) is 0 Å². The molecule has 7 nitrogen and oxygen atoms in total. The lowest BCUT2D eigenvalue weighted by Gasteiger charge is -2.04. The van der Waals surface area contributed by atoms with Gasteiger partial charge < -0.3 is 9.84 Å². The molecule has 0 fully saturated rings. The van der Waals surface area contributed by atoms with Gasteiger partial charge in [-0.15, -0.1) is 10.2 Å². The van der Waals surface area contributed by atoms with Crippen molar-refractivity contribution in [1.29, 1.82) is 0 Å². The first-order chi connectivity index (χ1) is 9.13. The molecular formula is C12H14N4O3. The minimum atomic E-state index is -1.00. The third kappa shape index (κ3) is 4.06. The number of hydrogen-bond acceptors (Lipinski definition) is 5. The van der Waals surface area contributed by atoms with Crippen LogP contribution in [0.5, 0.6) is 5.75 Å². The van der Waals surface area contributed by atoms with Crippen molar-refractivity contribution in [2.45, 2.75) is 19.9 Å². The largest absolute Gasteiger partial charge is 0.493 e. The number of ether oxygens (including phenoxy) is 1. The van der Waals surface area contributed by atoms with Crippen molar-refractivity contribution in [3.05, 3.63) is 35.7 Å². The monoisotopic (exact) mass is 262 g/mol. The number of aromatic nitrogens is 4. The second kappa shape index (κ2) is 5.94. The molecule has 2 rings (SSSR count). The van der Waals surface area contributed by atoms with E-state index in [1.807, 2.05) is 31.2 Å². The van der Waals surface area contributed by atoms with Crippen LogP contribution in [0.3, 0.4) is 0 Å². The van der Waals surface area contributed by atoms with Gasteiger partial charge in [0.2, 0.25) is 0 Å². The van der Waals surface area contributed by atoms with Crippen LogP contribution in [-0.4, -0.2) is 37.9 Å². The summed E-state index contributed by atoms with van der Waals surface area (Å²) >= 11 is 0. The van der Waals surface area contributed by atoms with Crippen LogP contribution in [0.1, 0.15) is 11.4 Å². The summed E-state index contributed by atoms with van der Waals surface area (Å²) in [5.74, 6) is 0.247. The maximum absolute atomic E-state index is 10.5. The lowest BCUT2D eigenvalue weighted by Crippen LogP contribution is -2.12. The number of rotatable bonds is 6. The quantitative estimate of drug-likeness (QED) is 0.823. The van der Waals surface area contributed by atoms with Crippen molar-refractivity contribution < 1.29 is 14.6 Å². The molecule has 0 radical (unpaired) electrons. The SMILES string of the molecule is Cc1ccc(OCCc2nnn(CC(=O)O)n2)cc1. The van der Waals surface area contributed by atoms with Crippen molar-refractivity contribution in [2.75, 3.05) is 6.61 Å². The summed E-state index contributed by atoms with van der Waals surface area (Å²) in [6.07, 6.45) is 0.480. The smallest absolute Gasteiger partial charge is 0.327 e. The molecule has 0 amide bonds. The van der Waals surface area contributed by atoms with Gasteiger partial charge in [0, 0.05) is 6.42 Å². The van der Waals surface area contributed by atoms with Crippen molar-refractivity contribution in [3.63, 3.8) is 0 Å². The fourth-order valence-corrected chi connectivity index (χ4v) is 1.46. The van der Waals surface area contributed by atoms with E-state index < -0.39 is 5.97 Å². The van der Waals surface area contributed by atoms with Gasteiger partial charge in [-0.1, -0.05) is 17.7 Å². The third-order valence-electron chi connectivity index (χ3n) is 2.39. The van der Waals surface area contributed by atoms with Crippen molar-refractivity contribution in [1.82, 2.24) is 20.2 Å². The van der Waals surface area contributed by atoms with E-state index in [-0.39, 0.29) is 6.54 Å². The van der Waals surface area contributed by atoms with Gasteiger partial charge in [0.1, 0.15) is 5.75 Å². The summed E-state index contributed by atoms with van der Waals surface area (Å²) in [4.78, 5) is 11.5. The Bertz CT molecular complexity index is 550. The lowest BCUT2D eigenvalue weighted by molar-refractivity contribution is -0.138. The summed E-state index contributed by atoms with van der Waals surface area (Å²) in [5, 5.41) is 19.9. The Kier molecular flexibility index (Phi) is 4.07. The molecule has 7 heteroatoms. The first kappa shape index (κ1) is 13.0. The number of aryl methyl sites for hydroxylation is 1. The number of hydrogen-bond donors (Lipinski definition) is 1. The molecule has 1 heterocycles. The molecule has 0 aliphatic rings. The zero-order chi connectivity index (χ0) is 13.7. The van der Waals surface area contributed by atoms with Gasteiger partial charge in [-0.05, 0) is 24.3 Å². The molecule has 1 aromatic heterocycles. The van der Waals surface area contributed by atoms with Crippen molar-refractivity contribution in [3.8, 4) is 5.75 Å². The Morgan fingerprint density at radius 3 is 2.79 bits per heavy atom. The molecule has 0 aliphatic heterocycles. The van der Waals surface area contributed by atoms with Crippen LogP contribution in [0.25, 0.3) is 0 Å². The highest BCUT2D eigenvalue weighted by Crippen LogP contribution is 2.11. The van der Waals surface area contributed by atoms with Gasteiger partial charge in [-0.3, -0.25) is 4.79 Å². The van der Waals surface area contributed by atoms with Gasteiger partial charge in [-0.25, -0.2) is 0 Å². The van der Waals surface area contributed by atoms with E-state index in [4.69, 9.17) is 9.84 Å². The van der Waals surface area contributed by atoms with Gasteiger partial charge in [0.05, 0.1) is 6.61 Å². The zero-order valence-electron chi connectivity index (χ0n) is 10.5. The van der Waals surface area contributed by atoms with Crippen molar-refractivity contribution in [2.24, 2.45) is 0 Å². The highest BCUT2D eigenvalue weighted by Gasteiger charge is 2.06. The summed E-state index contributed by atoms with van der Waals surface area (Å²) in [6, 6.07) is 7.72. The Hall–Kier alpha value is -2.44. The highest BCUT2D eigenvalue weighted by molar-refractivity contribution is 5.66. The number of carbonyl (C=O) groups is 1. The normalized spacial score (nSPS) is 10.4. The topological polar surface area (TPSA) is 90.1 Å². The number of aliphatic carboxylic acids is 1. The average molecular weight is 262 g/mol. The van der Waals surface area contributed by atoms with Gasteiger partial charge in [-0.2, -0.15) is 4.80 Å². The molecule has 0 atom stereocenters. The minimum absolute atomic E-state index is 0.286. The fraction of sp³-hybridized carbons (Fsp3) is 0.333. The maximum Gasteiger partial charge on any atom is 0.327 e. The fourth-order valence-electron chi connectivity index (χ4n) is 1.46. The number of carboxylic acid groups (broad SMARTS) is 1. The van der Waals surface area contributed by atoms with E-state index in [9.17, 15) is 4.79 Å². The van der Waals surface area contributed by atoms with E-state index in [2.05, 4.69) is 15.4 Å². The van der Waals surface area contributed by atoms with E-state index in [1.165, 1.54) is 5.56 Å². The second-order valence-corrected chi connectivity index (χ2v) is 4.04. The van der Waals surface area contributed by atoms with E-state index in [1.54, 1.807) is 0 Å². The van der Waals surface area contributed by atoms with Crippen LogP contribution in [0.4, 0.5) is 0 Å². The zero-order valence-corrected chi connectivity index (χ0v) is 10.5. The first-order valence-electron chi connectivity index (χ1n) is 5.81. The number of carboxylic acids is 1. The van der Waals surface area contributed by atoms with Crippen LogP contribution in [0.15, 0.2) is 24.3 Å². The van der Waals surface area contributed by atoms with E-state index in [0.29, 0.717) is 18.9 Å². The number of tetrazole rings is 1. The highest BCUT2D eigenvalue weighted by atomic mass is 16.5. The Labute approximate surface area is 109 Å². The Morgan fingerprint density at radius 2 is 2.11 bits per heavy atom. The lowest BCUT2D eigenvalue weighted by atomic mass is 10.2. The molecule has 0 unspecified atom stereocenters. The number of nitrogens with zero attached hydrogens (tertiary/aromatic N) is 4. The van der Waals surface area contributed by atoms with Crippen molar-refractivity contribution >= 4 is 5.97 Å². The van der Waals surface area contributed by atoms with Crippen LogP contribution in [-0.2, 0) is 17.8 Å². The number of benzene rings is 1. The molecule has 1 aromatic carbocycles. The van der Waals surface area contributed by atoms with Gasteiger partial charge >= 0.3 is 5.97 Å². The molecule has 0 bridgehead atoms. The van der Waals surface area contributed by atoms with Crippen LogP contribution < -0.4 is 4.74 Å². The standard InChI is InChI=1S/C12H14N4O3/c1-9-2-4-10(5-3-9)19-7-6-11-13-15-16(14-11)8-12(17)18/h2-5H,6-8H2,1H3,(H,17,18). The summed E-state index contributed by atoms with van der Waals surface area (Å²) in [6.45, 7) is 2.14. The second-order valence-electron chi connectivity index (χ2n) is 4.04. The van der Waals surface area contributed by atoms with Gasteiger partial charge in [0.15, 0.2) is 12.4 Å². The minimum Gasteiger partial charge on any atom is -0.493 e. The molecule has 1 N–H and O–H groups in total.